The first-order valence-corrected chi connectivity index (χ1v) is 13.1. The molecule has 1 saturated heterocycles. The van der Waals surface area contributed by atoms with Gasteiger partial charge in [0, 0.05) is 62.5 Å². The highest BCUT2D eigenvalue weighted by Gasteiger charge is 2.34. The van der Waals surface area contributed by atoms with Crippen LogP contribution in [0.15, 0.2) is 30.6 Å². The Bertz CT molecular complexity index is 972. The van der Waals surface area contributed by atoms with Crippen molar-refractivity contribution in [1.29, 1.82) is 0 Å². The Hall–Kier alpha value is -2.74. The summed E-state index contributed by atoms with van der Waals surface area (Å²) in [6, 6.07) is 7.01. The zero-order valence-corrected chi connectivity index (χ0v) is 23.5. The molecule has 0 bridgehead atoms. The molecule has 8 heteroatoms. The van der Waals surface area contributed by atoms with E-state index in [1.807, 2.05) is 40.1 Å². The van der Waals surface area contributed by atoms with Gasteiger partial charge in [-0.2, -0.15) is 0 Å². The SMILES string of the molecule is CN/C=C\N1c2ccc(N3CCN(C(=O)OC(C)(C)C)CC3=O)cc2CN(C)C(C)[C@@H](C)[C@@H](C)[C@@H]1C. The molecule has 2 heterocycles. The monoisotopic (exact) mass is 499 g/mol. The van der Waals surface area contributed by atoms with Crippen LogP contribution in [0, 0.1) is 11.8 Å². The molecule has 2 amide bonds. The molecule has 0 aliphatic carbocycles. The number of hydrogen-bond acceptors (Lipinski definition) is 6. The number of nitrogens with one attached hydrogen (secondary N) is 1. The number of anilines is 2. The quantitative estimate of drug-likeness (QED) is 0.670. The van der Waals surface area contributed by atoms with Crippen LogP contribution in [0.4, 0.5) is 16.2 Å². The minimum Gasteiger partial charge on any atom is -0.444 e. The van der Waals surface area contributed by atoms with E-state index in [1.165, 1.54) is 10.5 Å². The van der Waals surface area contributed by atoms with E-state index < -0.39 is 11.7 Å². The third kappa shape index (κ3) is 6.14. The summed E-state index contributed by atoms with van der Waals surface area (Å²) in [6.07, 6.45) is 3.65. The summed E-state index contributed by atoms with van der Waals surface area (Å²) < 4.78 is 5.47. The van der Waals surface area contributed by atoms with Gasteiger partial charge < -0.3 is 19.9 Å². The van der Waals surface area contributed by atoms with Crippen molar-refractivity contribution >= 4 is 23.4 Å². The van der Waals surface area contributed by atoms with Gasteiger partial charge in [-0.15, -0.1) is 0 Å². The fourth-order valence-electron chi connectivity index (χ4n) is 5.08. The zero-order valence-electron chi connectivity index (χ0n) is 23.5. The standard InChI is InChI=1S/C28H45N5O3/c1-19-20(2)22(4)32(13-12-29-8)25-11-10-24(16-23(25)17-30(9)21(19)3)33-15-14-31(18-26(33)34)27(35)36-28(5,6)7/h10-13,16,19-22,29H,14-15,17-18H2,1-9H3/b13-12-/t19-,20+,21?,22-/m0/s1. The number of amides is 2. The molecule has 4 atom stereocenters. The number of carbonyl (C=O) groups excluding carboxylic acids is 2. The van der Waals surface area contributed by atoms with E-state index in [9.17, 15) is 9.59 Å². The molecule has 1 fully saturated rings. The van der Waals surface area contributed by atoms with Crippen LogP contribution in [0.5, 0.6) is 0 Å². The van der Waals surface area contributed by atoms with Crippen molar-refractivity contribution in [1.82, 2.24) is 15.1 Å². The van der Waals surface area contributed by atoms with Gasteiger partial charge >= 0.3 is 6.09 Å². The molecule has 1 aromatic carbocycles. The Balaban J connectivity index is 1.92. The second kappa shape index (κ2) is 11.1. The summed E-state index contributed by atoms with van der Waals surface area (Å²) in [7, 11) is 4.09. The van der Waals surface area contributed by atoms with E-state index >= 15 is 0 Å². The summed E-state index contributed by atoms with van der Waals surface area (Å²) >= 11 is 0. The van der Waals surface area contributed by atoms with E-state index in [0.29, 0.717) is 37.0 Å². The van der Waals surface area contributed by atoms with Gasteiger partial charge in [-0.05, 0) is 77.3 Å². The number of rotatable bonds is 3. The Labute approximate surface area is 217 Å². The normalized spacial score (nSPS) is 26.4. The molecular weight excluding hydrogens is 454 g/mol. The van der Waals surface area contributed by atoms with Crippen LogP contribution in [0.1, 0.15) is 54.0 Å². The lowest BCUT2D eigenvalue weighted by Crippen LogP contribution is -2.53. The molecule has 1 aromatic rings. The second-order valence-electron chi connectivity index (χ2n) is 11.4. The van der Waals surface area contributed by atoms with E-state index in [-0.39, 0.29) is 12.5 Å². The molecule has 1 N–H and O–H groups in total. The Morgan fingerprint density at radius 2 is 1.72 bits per heavy atom. The van der Waals surface area contributed by atoms with Crippen LogP contribution in [0.2, 0.25) is 0 Å². The molecule has 1 unspecified atom stereocenters. The van der Waals surface area contributed by atoms with Crippen LogP contribution < -0.4 is 15.1 Å². The maximum atomic E-state index is 13.1. The molecule has 2 aliphatic heterocycles. The Kier molecular flexibility index (Phi) is 8.59. The van der Waals surface area contributed by atoms with Crippen LogP contribution >= 0.6 is 0 Å². The number of piperazine rings is 1. The number of nitrogens with zero attached hydrogens (tertiary/aromatic N) is 4. The predicted molar refractivity (Wildman–Crippen MR) is 146 cm³/mol. The molecule has 3 rings (SSSR count). The summed E-state index contributed by atoms with van der Waals surface area (Å²) in [5.41, 5.74) is 2.61. The van der Waals surface area contributed by atoms with Crippen LogP contribution in [0.25, 0.3) is 0 Å². The number of benzene rings is 1. The van der Waals surface area contributed by atoms with E-state index in [2.05, 4.69) is 68.2 Å². The molecule has 0 saturated carbocycles. The van der Waals surface area contributed by atoms with Gasteiger partial charge in [0.05, 0.1) is 0 Å². The fourth-order valence-corrected chi connectivity index (χ4v) is 5.08. The highest BCUT2D eigenvalue weighted by Crippen LogP contribution is 2.36. The lowest BCUT2D eigenvalue weighted by molar-refractivity contribution is -0.121. The van der Waals surface area contributed by atoms with Gasteiger partial charge in [-0.3, -0.25) is 14.6 Å². The Morgan fingerprint density at radius 3 is 2.33 bits per heavy atom. The topological polar surface area (TPSA) is 68.4 Å². The van der Waals surface area contributed by atoms with Crippen molar-refractivity contribution < 1.29 is 14.3 Å². The van der Waals surface area contributed by atoms with E-state index in [1.54, 1.807) is 4.90 Å². The predicted octanol–water partition coefficient (Wildman–Crippen LogP) is 4.26. The first kappa shape index (κ1) is 27.8. The highest BCUT2D eigenvalue weighted by atomic mass is 16.6. The maximum Gasteiger partial charge on any atom is 0.410 e. The largest absolute Gasteiger partial charge is 0.444 e. The summed E-state index contributed by atoms with van der Waals surface area (Å²) in [6.45, 7) is 16.4. The number of carbonyl (C=O) groups is 2. The third-order valence-electron chi connectivity index (χ3n) is 7.83. The smallest absolute Gasteiger partial charge is 0.410 e. The van der Waals surface area contributed by atoms with E-state index in [0.717, 1.165) is 17.9 Å². The summed E-state index contributed by atoms with van der Waals surface area (Å²) in [5.74, 6) is 0.878. The average Bonchev–Trinajstić information content (AvgIpc) is 2.83. The molecular formula is C28H45N5O3. The zero-order chi connectivity index (χ0) is 26.8. The van der Waals surface area contributed by atoms with Crippen LogP contribution in [-0.4, -0.2) is 73.2 Å². The first-order chi connectivity index (χ1) is 16.8. The molecule has 0 spiro atoms. The Morgan fingerprint density at radius 1 is 1.06 bits per heavy atom. The molecule has 2 aliphatic rings. The molecule has 36 heavy (non-hydrogen) atoms. The summed E-state index contributed by atoms with van der Waals surface area (Å²) in [5, 5.41) is 3.13. The lowest BCUT2D eigenvalue weighted by atomic mass is 9.84. The van der Waals surface area contributed by atoms with Gasteiger partial charge in [0.15, 0.2) is 0 Å². The van der Waals surface area contributed by atoms with Crippen molar-refractivity contribution in [2.75, 3.05) is 43.5 Å². The highest BCUT2D eigenvalue weighted by molar-refractivity contribution is 5.97. The van der Waals surface area contributed by atoms with Crippen LogP contribution in [0.3, 0.4) is 0 Å². The fraction of sp³-hybridized carbons (Fsp3) is 0.643. The van der Waals surface area contributed by atoms with Crippen molar-refractivity contribution in [2.45, 2.75) is 72.7 Å². The minimum absolute atomic E-state index is 0.0199. The lowest BCUT2D eigenvalue weighted by Gasteiger charge is -2.38. The minimum atomic E-state index is -0.589. The van der Waals surface area contributed by atoms with Gasteiger partial charge in [0.2, 0.25) is 5.91 Å². The second-order valence-corrected chi connectivity index (χ2v) is 11.4. The maximum absolute atomic E-state index is 13.1. The first-order valence-electron chi connectivity index (χ1n) is 13.1. The molecule has 0 aromatic heterocycles. The molecule has 0 radical (unpaired) electrons. The van der Waals surface area contributed by atoms with Crippen molar-refractivity contribution in [3.8, 4) is 0 Å². The molecule has 200 valence electrons. The van der Waals surface area contributed by atoms with Gasteiger partial charge in [-0.1, -0.05) is 13.8 Å². The van der Waals surface area contributed by atoms with Gasteiger partial charge in [-0.25, -0.2) is 4.79 Å². The molecule has 8 nitrogen and oxygen atoms in total. The van der Waals surface area contributed by atoms with Gasteiger partial charge in [0.25, 0.3) is 0 Å². The number of hydrogen-bond donors (Lipinski definition) is 1. The van der Waals surface area contributed by atoms with Gasteiger partial charge in [0.1, 0.15) is 12.1 Å². The summed E-state index contributed by atoms with van der Waals surface area (Å²) in [4.78, 5) is 33.6. The van der Waals surface area contributed by atoms with E-state index in [4.69, 9.17) is 4.74 Å². The number of fused-ring (bicyclic) bond motifs is 1. The average molecular weight is 500 g/mol. The third-order valence-corrected chi connectivity index (χ3v) is 7.83. The van der Waals surface area contributed by atoms with Crippen molar-refractivity contribution in [3.05, 3.63) is 36.2 Å². The van der Waals surface area contributed by atoms with Crippen molar-refractivity contribution in [3.63, 3.8) is 0 Å². The van der Waals surface area contributed by atoms with Crippen LogP contribution in [-0.2, 0) is 16.1 Å². The van der Waals surface area contributed by atoms with Crippen molar-refractivity contribution in [2.24, 2.45) is 11.8 Å². The number of ether oxygens (including phenoxy) is 1.